The summed E-state index contributed by atoms with van der Waals surface area (Å²) in [5, 5.41) is 26.9. The van der Waals surface area contributed by atoms with Crippen molar-refractivity contribution in [1.29, 1.82) is 0 Å². The van der Waals surface area contributed by atoms with Gasteiger partial charge in [0, 0.05) is 12.1 Å². The Balaban J connectivity index is 2.38. The minimum absolute atomic E-state index is 0.0530. The van der Waals surface area contributed by atoms with Crippen molar-refractivity contribution < 1.29 is 28.9 Å². The monoisotopic (exact) mass is 463 g/mol. The van der Waals surface area contributed by atoms with Crippen LogP contribution >= 0.6 is 0 Å². The predicted octanol–water partition coefficient (Wildman–Crippen LogP) is 3.81. The number of ether oxygens (including phenoxy) is 1. The lowest BCUT2D eigenvalue weighted by atomic mass is 9.78. The van der Waals surface area contributed by atoms with Gasteiger partial charge in [0.05, 0.1) is 6.42 Å². The molecule has 0 aliphatic rings. The number of nitrogens with one attached hydrogen (secondary N) is 1. The van der Waals surface area contributed by atoms with Crippen LogP contribution in [0.15, 0.2) is 30.3 Å². The van der Waals surface area contributed by atoms with Crippen molar-refractivity contribution in [3.05, 3.63) is 41.8 Å². The highest BCUT2D eigenvalue weighted by atomic mass is 19.1. The Kier molecular flexibility index (Phi) is 8.24. The second-order valence-corrected chi connectivity index (χ2v) is 9.94. The summed E-state index contributed by atoms with van der Waals surface area (Å²) in [5.41, 5.74) is -1.70. The van der Waals surface area contributed by atoms with Crippen LogP contribution in [0.2, 0.25) is 0 Å². The van der Waals surface area contributed by atoms with Crippen molar-refractivity contribution in [3.63, 3.8) is 0 Å². The van der Waals surface area contributed by atoms with Crippen LogP contribution in [0.4, 0.5) is 4.39 Å². The van der Waals surface area contributed by atoms with Crippen LogP contribution in [0.5, 0.6) is 5.88 Å². The number of carboxylic acids is 1. The molecule has 8 nitrogen and oxygen atoms in total. The van der Waals surface area contributed by atoms with Crippen molar-refractivity contribution in [2.75, 3.05) is 6.61 Å². The Bertz CT molecular complexity index is 979. The zero-order valence-electron chi connectivity index (χ0n) is 20.1. The topological polar surface area (TPSA) is 114 Å². The number of nitrogens with zero attached hydrogens (tertiary/aromatic N) is 2. The smallest absolute Gasteiger partial charge is 0.305 e. The third-order valence-corrected chi connectivity index (χ3v) is 5.62. The molecule has 9 heteroatoms. The number of para-hydroxylation sites is 1. The van der Waals surface area contributed by atoms with Crippen LogP contribution < -0.4 is 10.1 Å². The standard InChI is InChI=1S/C24H34FN3O5/c1-15(2)11-16(12-21(29)30)26-22(31)18-13-20(33-14-24(6,32)23(3,4)5)28(27-18)19-10-8-7-9-17(19)25/h7-10,13,15-16,32H,11-12,14H2,1-6H3,(H,26,31)(H,29,30). The van der Waals surface area contributed by atoms with Crippen LogP contribution in [-0.4, -0.2) is 50.1 Å². The van der Waals surface area contributed by atoms with Crippen molar-refractivity contribution in [2.24, 2.45) is 11.3 Å². The molecular weight excluding hydrogens is 429 g/mol. The average Bonchev–Trinajstić information content (AvgIpc) is 3.09. The first-order chi connectivity index (χ1) is 15.2. The highest BCUT2D eigenvalue weighted by Gasteiger charge is 2.36. The lowest BCUT2D eigenvalue weighted by Gasteiger charge is -2.36. The fraction of sp³-hybridized carbons (Fsp3) is 0.542. The van der Waals surface area contributed by atoms with E-state index in [4.69, 9.17) is 9.84 Å². The van der Waals surface area contributed by atoms with E-state index in [1.54, 1.807) is 13.0 Å². The first-order valence-corrected chi connectivity index (χ1v) is 10.9. The summed E-state index contributed by atoms with van der Waals surface area (Å²) in [4.78, 5) is 24.1. The summed E-state index contributed by atoms with van der Waals surface area (Å²) in [6.07, 6.45) is 0.250. The minimum atomic E-state index is -1.22. The number of aliphatic carboxylic acids is 1. The summed E-state index contributed by atoms with van der Waals surface area (Å²) in [6.45, 7) is 11.0. The van der Waals surface area contributed by atoms with Gasteiger partial charge in [-0.3, -0.25) is 9.59 Å². The van der Waals surface area contributed by atoms with Gasteiger partial charge in [0.15, 0.2) is 5.69 Å². The molecule has 3 N–H and O–H groups in total. The number of amides is 1. The molecule has 182 valence electrons. The maximum atomic E-state index is 14.5. The second-order valence-electron chi connectivity index (χ2n) is 9.94. The lowest BCUT2D eigenvalue weighted by Crippen LogP contribution is -2.45. The molecule has 1 heterocycles. The molecule has 1 amide bonds. The molecule has 0 saturated carbocycles. The summed E-state index contributed by atoms with van der Waals surface area (Å²) in [7, 11) is 0. The molecule has 2 rings (SSSR count). The summed E-state index contributed by atoms with van der Waals surface area (Å²) in [6, 6.07) is 6.68. The average molecular weight is 464 g/mol. The summed E-state index contributed by atoms with van der Waals surface area (Å²) < 4.78 is 21.5. The molecule has 2 aromatic rings. The van der Waals surface area contributed by atoms with Crippen molar-refractivity contribution in [2.45, 2.75) is 66.0 Å². The van der Waals surface area contributed by atoms with Crippen LogP contribution in [0, 0.1) is 17.2 Å². The molecule has 0 aliphatic carbocycles. The maximum Gasteiger partial charge on any atom is 0.305 e. The molecule has 0 fully saturated rings. The molecule has 2 unspecified atom stereocenters. The Morgan fingerprint density at radius 3 is 2.39 bits per heavy atom. The van der Waals surface area contributed by atoms with Gasteiger partial charge < -0.3 is 20.3 Å². The number of benzene rings is 1. The van der Waals surface area contributed by atoms with Gasteiger partial charge in [-0.25, -0.2) is 4.39 Å². The molecule has 0 bridgehead atoms. The zero-order valence-corrected chi connectivity index (χ0v) is 20.1. The Morgan fingerprint density at radius 1 is 1.21 bits per heavy atom. The zero-order chi connectivity index (χ0) is 25.0. The van der Waals surface area contributed by atoms with Gasteiger partial charge in [0.2, 0.25) is 5.88 Å². The highest BCUT2D eigenvalue weighted by Crippen LogP contribution is 2.31. The number of carbonyl (C=O) groups is 2. The maximum absolute atomic E-state index is 14.5. The highest BCUT2D eigenvalue weighted by molar-refractivity contribution is 5.93. The van der Waals surface area contributed by atoms with Crippen LogP contribution in [0.3, 0.4) is 0 Å². The van der Waals surface area contributed by atoms with Crippen molar-refractivity contribution >= 4 is 11.9 Å². The Labute approximate surface area is 193 Å². The molecule has 2 atom stereocenters. The molecule has 0 spiro atoms. The van der Waals surface area contributed by atoms with Crippen LogP contribution in [0.1, 0.15) is 64.9 Å². The van der Waals surface area contributed by atoms with E-state index in [-0.39, 0.29) is 36.2 Å². The predicted molar refractivity (Wildman–Crippen MR) is 122 cm³/mol. The third kappa shape index (κ3) is 7.02. The van der Waals surface area contributed by atoms with Gasteiger partial charge >= 0.3 is 5.97 Å². The van der Waals surface area contributed by atoms with E-state index < -0.39 is 34.8 Å². The van der Waals surface area contributed by atoms with Crippen molar-refractivity contribution in [1.82, 2.24) is 15.1 Å². The first kappa shape index (κ1) is 26.3. The number of aromatic nitrogens is 2. The minimum Gasteiger partial charge on any atom is -0.481 e. The normalized spacial score (nSPS) is 14.6. The fourth-order valence-corrected chi connectivity index (χ4v) is 3.04. The number of hydrogen-bond acceptors (Lipinski definition) is 5. The van der Waals surface area contributed by atoms with Crippen LogP contribution in [0.25, 0.3) is 5.69 Å². The van der Waals surface area contributed by atoms with Gasteiger partial charge in [-0.05, 0) is 36.8 Å². The largest absolute Gasteiger partial charge is 0.481 e. The van der Waals surface area contributed by atoms with E-state index >= 15 is 0 Å². The number of halogens is 1. The molecule has 1 aromatic heterocycles. The van der Waals surface area contributed by atoms with E-state index in [9.17, 15) is 19.1 Å². The molecular formula is C24H34FN3O5. The first-order valence-electron chi connectivity index (χ1n) is 10.9. The van der Waals surface area contributed by atoms with E-state index in [1.807, 2.05) is 34.6 Å². The van der Waals surface area contributed by atoms with Gasteiger partial charge in [0.25, 0.3) is 5.91 Å². The van der Waals surface area contributed by atoms with E-state index in [1.165, 1.54) is 24.3 Å². The lowest BCUT2D eigenvalue weighted by molar-refractivity contribution is -0.137. The fourth-order valence-electron chi connectivity index (χ4n) is 3.04. The second kappa shape index (κ2) is 10.3. The van der Waals surface area contributed by atoms with E-state index in [0.717, 1.165) is 4.68 Å². The van der Waals surface area contributed by atoms with Crippen molar-refractivity contribution in [3.8, 4) is 11.6 Å². The summed E-state index contributed by atoms with van der Waals surface area (Å²) >= 11 is 0. The molecule has 33 heavy (non-hydrogen) atoms. The SMILES string of the molecule is CC(C)CC(CC(=O)O)NC(=O)c1cc(OCC(C)(O)C(C)(C)C)n(-c2ccccc2F)n1. The quantitative estimate of drug-likeness (QED) is 0.494. The molecule has 0 radical (unpaired) electrons. The van der Waals surface area contributed by atoms with Crippen LogP contribution in [-0.2, 0) is 4.79 Å². The Morgan fingerprint density at radius 2 is 1.85 bits per heavy atom. The molecule has 0 aliphatic heterocycles. The molecule has 0 saturated heterocycles. The Hall–Kier alpha value is -2.94. The van der Waals surface area contributed by atoms with Gasteiger partial charge in [-0.1, -0.05) is 46.8 Å². The number of aliphatic hydroxyl groups is 1. The van der Waals surface area contributed by atoms with Gasteiger partial charge in [-0.15, -0.1) is 0 Å². The third-order valence-electron chi connectivity index (χ3n) is 5.62. The van der Waals surface area contributed by atoms with Gasteiger partial charge in [0.1, 0.15) is 23.7 Å². The summed E-state index contributed by atoms with van der Waals surface area (Å²) in [5.74, 6) is -1.93. The van der Waals surface area contributed by atoms with Gasteiger partial charge in [-0.2, -0.15) is 9.78 Å². The van der Waals surface area contributed by atoms with E-state index in [0.29, 0.717) is 6.42 Å². The number of hydrogen-bond donors (Lipinski definition) is 3. The molecule has 1 aromatic carbocycles. The number of carbonyl (C=O) groups excluding carboxylic acids is 1. The number of carboxylic acid groups (broad SMARTS) is 1. The van der Waals surface area contributed by atoms with E-state index in [2.05, 4.69) is 10.4 Å². The number of rotatable bonds is 10.